The standard InChI is InChI=1S/C21H30N2O2S/c1-15-5-4-10-23(14-15)20(24)17-8-11-22(12-9-17)21(25)19-13-18(26-3)7-6-16(19)2/h6-7,13,15,17H,4-5,8-12,14H2,1-3H3. The van der Waals surface area contributed by atoms with Gasteiger partial charge in [0.1, 0.15) is 0 Å². The summed E-state index contributed by atoms with van der Waals surface area (Å²) in [6.45, 7) is 7.39. The number of thioether (sulfide) groups is 1. The highest BCUT2D eigenvalue weighted by Gasteiger charge is 2.32. The summed E-state index contributed by atoms with van der Waals surface area (Å²) in [5.74, 6) is 1.11. The van der Waals surface area contributed by atoms with Crippen molar-refractivity contribution in [2.45, 2.75) is 44.4 Å². The molecule has 0 saturated carbocycles. The number of hydrogen-bond donors (Lipinski definition) is 0. The predicted octanol–water partition coefficient (Wildman–Crippen LogP) is 3.83. The van der Waals surface area contributed by atoms with Gasteiger partial charge in [0, 0.05) is 42.6 Å². The maximum atomic E-state index is 12.9. The van der Waals surface area contributed by atoms with E-state index in [1.807, 2.05) is 30.2 Å². The Kier molecular flexibility index (Phi) is 6.28. The summed E-state index contributed by atoms with van der Waals surface area (Å²) in [4.78, 5) is 30.8. The van der Waals surface area contributed by atoms with Gasteiger partial charge in [0.25, 0.3) is 5.91 Å². The van der Waals surface area contributed by atoms with E-state index in [-0.39, 0.29) is 11.8 Å². The molecule has 0 aromatic heterocycles. The molecular formula is C21H30N2O2S. The van der Waals surface area contributed by atoms with Gasteiger partial charge in [-0.05, 0) is 62.5 Å². The van der Waals surface area contributed by atoms with Gasteiger partial charge in [-0.3, -0.25) is 9.59 Å². The summed E-state index contributed by atoms with van der Waals surface area (Å²) in [5.41, 5.74) is 1.82. The van der Waals surface area contributed by atoms with Gasteiger partial charge in [-0.1, -0.05) is 13.0 Å². The molecule has 142 valence electrons. The Morgan fingerprint density at radius 2 is 1.81 bits per heavy atom. The number of amides is 2. The van der Waals surface area contributed by atoms with Gasteiger partial charge in [-0.15, -0.1) is 11.8 Å². The molecule has 26 heavy (non-hydrogen) atoms. The molecular weight excluding hydrogens is 344 g/mol. The van der Waals surface area contributed by atoms with Crippen molar-refractivity contribution in [3.8, 4) is 0 Å². The number of aryl methyl sites for hydroxylation is 1. The molecule has 0 N–H and O–H groups in total. The van der Waals surface area contributed by atoms with Crippen LogP contribution in [0.3, 0.4) is 0 Å². The first-order valence-corrected chi connectivity index (χ1v) is 10.9. The maximum absolute atomic E-state index is 12.9. The van der Waals surface area contributed by atoms with Crippen molar-refractivity contribution in [3.63, 3.8) is 0 Å². The van der Waals surface area contributed by atoms with Crippen LogP contribution in [0.1, 0.15) is 48.5 Å². The summed E-state index contributed by atoms with van der Waals surface area (Å²) in [7, 11) is 0. The number of likely N-dealkylation sites (tertiary alicyclic amines) is 2. The van der Waals surface area contributed by atoms with E-state index < -0.39 is 0 Å². The van der Waals surface area contributed by atoms with E-state index in [1.165, 1.54) is 6.42 Å². The van der Waals surface area contributed by atoms with Crippen LogP contribution >= 0.6 is 11.8 Å². The number of piperidine rings is 2. The summed E-state index contributed by atoms with van der Waals surface area (Å²) < 4.78 is 0. The monoisotopic (exact) mass is 374 g/mol. The zero-order chi connectivity index (χ0) is 18.7. The van der Waals surface area contributed by atoms with Gasteiger partial charge in [-0.2, -0.15) is 0 Å². The van der Waals surface area contributed by atoms with E-state index in [0.717, 1.165) is 48.4 Å². The third kappa shape index (κ3) is 4.25. The van der Waals surface area contributed by atoms with Crippen LogP contribution in [-0.4, -0.2) is 54.0 Å². The smallest absolute Gasteiger partial charge is 0.254 e. The van der Waals surface area contributed by atoms with Crippen LogP contribution in [0.25, 0.3) is 0 Å². The second kappa shape index (κ2) is 8.47. The predicted molar refractivity (Wildman–Crippen MR) is 107 cm³/mol. The molecule has 2 fully saturated rings. The number of carbonyl (C=O) groups excluding carboxylic acids is 2. The van der Waals surface area contributed by atoms with Crippen LogP contribution < -0.4 is 0 Å². The summed E-state index contributed by atoms with van der Waals surface area (Å²) in [5, 5.41) is 0. The molecule has 3 rings (SSSR count). The zero-order valence-electron chi connectivity index (χ0n) is 16.2. The van der Waals surface area contributed by atoms with Crippen LogP contribution in [0.4, 0.5) is 0 Å². The minimum absolute atomic E-state index is 0.0861. The number of benzene rings is 1. The fourth-order valence-electron chi connectivity index (χ4n) is 4.11. The lowest BCUT2D eigenvalue weighted by molar-refractivity contribution is -0.138. The van der Waals surface area contributed by atoms with E-state index in [1.54, 1.807) is 11.8 Å². The summed E-state index contributed by atoms with van der Waals surface area (Å²) >= 11 is 1.66. The van der Waals surface area contributed by atoms with Crippen molar-refractivity contribution < 1.29 is 9.59 Å². The summed E-state index contributed by atoms with van der Waals surface area (Å²) in [6, 6.07) is 6.07. The van der Waals surface area contributed by atoms with E-state index in [2.05, 4.69) is 17.9 Å². The van der Waals surface area contributed by atoms with E-state index in [0.29, 0.717) is 24.9 Å². The van der Waals surface area contributed by atoms with Crippen molar-refractivity contribution in [3.05, 3.63) is 29.3 Å². The highest BCUT2D eigenvalue weighted by atomic mass is 32.2. The van der Waals surface area contributed by atoms with Crippen molar-refractivity contribution in [2.75, 3.05) is 32.4 Å². The number of nitrogens with zero attached hydrogens (tertiary/aromatic N) is 2. The fraction of sp³-hybridized carbons (Fsp3) is 0.619. The lowest BCUT2D eigenvalue weighted by Crippen LogP contribution is -2.47. The molecule has 2 aliphatic heterocycles. The maximum Gasteiger partial charge on any atom is 0.254 e. The van der Waals surface area contributed by atoms with Crippen molar-refractivity contribution in [1.82, 2.24) is 9.80 Å². The van der Waals surface area contributed by atoms with E-state index in [9.17, 15) is 9.59 Å². The Morgan fingerprint density at radius 1 is 1.08 bits per heavy atom. The highest BCUT2D eigenvalue weighted by Crippen LogP contribution is 2.26. The Bertz CT molecular complexity index is 668. The molecule has 2 amide bonds. The molecule has 1 aromatic rings. The Morgan fingerprint density at radius 3 is 2.46 bits per heavy atom. The molecule has 0 spiro atoms. The average Bonchev–Trinajstić information content (AvgIpc) is 2.67. The van der Waals surface area contributed by atoms with Crippen molar-refractivity contribution in [2.24, 2.45) is 11.8 Å². The van der Waals surface area contributed by atoms with Gasteiger partial charge >= 0.3 is 0 Å². The topological polar surface area (TPSA) is 40.6 Å². The van der Waals surface area contributed by atoms with Crippen LogP contribution in [0, 0.1) is 18.8 Å². The molecule has 4 nitrogen and oxygen atoms in total. The number of carbonyl (C=O) groups is 2. The Labute approximate surface area is 161 Å². The largest absolute Gasteiger partial charge is 0.342 e. The van der Waals surface area contributed by atoms with Crippen LogP contribution in [0.15, 0.2) is 23.1 Å². The second-order valence-corrected chi connectivity index (χ2v) is 8.66. The first-order valence-electron chi connectivity index (χ1n) is 9.72. The molecule has 2 heterocycles. The first kappa shape index (κ1) is 19.3. The van der Waals surface area contributed by atoms with Crippen molar-refractivity contribution >= 4 is 23.6 Å². The van der Waals surface area contributed by atoms with Gasteiger partial charge in [0.15, 0.2) is 0 Å². The summed E-state index contributed by atoms with van der Waals surface area (Å²) in [6.07, 6.45) is 5.95. The molecule has 0 radical (unpaired) electrons. The minimum atomic E-state index is 0.0861. The molecule has 1 aromatic carbocycles. The second-order valence-electron chi connectivity index (χ2n) is 7.78. The van der Waals surface area contributed by atoms with Crippen molar-refractivity contribution in [1.29, 1.82) is 0 Å². The fourth-order valence-corrected chi connectivity index (χ4v) is 4.55. The van der Waals surface area contributed by atoms with Crippen LogP contribution in [0.5, 0.6) is 0 Å². The Hall–Kier alpha value is -1.49. The molecule has 0 aliphatic carbocycles. The van der Waals surface area contributed by atoms with E-state index in [4.69, 9.17) is 0 Å². The van der Waals surface area contributed by atoms with Gasteiger partial charge in [0.2, 0.25) is 5.91 Å². The average molecular weight is 375 g/mol. The molecule has 2 aliphatic rings. The lowest BCUT2D eigenvalue weighted by Gasteiger charge is -2.37. The number of hydrogen-bond acceptors (Lipinski definition) is 3. The van der Waals surface area contributed by atoms with Gasteiger partial charge < -0.3 is 9.80 Å². The first-order chi connectivity index (χ1) is 12.5. The molecule has 5 heteroatoms. The molecule has 0 bridgehead atoms. The highest BCUT2D eigenvalue weighted by molar-refractivity contribution is 7.98. The molecule has 1 unspecified atom stereocenters. The quantitative estimate of drug-likeness (QED) is 0.755. The third-order valence-corrected chi connectivity index (χ3v) is 6.50. The van der Waals surface area contributed by atoms with Crippen LogP contribution in [-0.2, 0) is 4.79 Å². The SMILES string of the molecule is CSc1ccc(C)c(C(=O)N2CCC(C(=O)N3CCCC(C)C3)CC2)c1. The van der Waals surface area contributed by atoms with E-state index >= 15 is 0 Å². The normalized spacial score (nSPS) is 21.7. The lowest BCUT2D eigenvalue weighted by atomic mass is 9.92. The Balaban J connectivity index is 1.59. The van der Waals surface area contributed by atoms with Crippen LogP contribution in [0.2, 0.25) is 0 Å². The number of rotatable bonds is 3. The van der Waals surface area contributed by atoms with Gasteiger partial charge in [0.05, 0.1) is 0 Å². The zero-order valence-corrected chi connectivity index (χ0v) is 17.0. The molecule has 2 saturated heterocycles. The van der Waals surface area contributed by atoms with Gasteiger partial charge in [-0.25, -0.2) is 0 Å². The minimum Gasteiger partial charge on any atom is -0.342 e. The third-order valence-electron chi connectivity index (χ3n) is 5.78. The molecule has 1 atom stereocenters.